The van der Waals surface area contributed by atoms with Crippen LogP contribution in [0.4, 0.5) is 0 Å². The second kappa shape index (κ2) is 6.05. The van der Waals surface area contributed by atoms with Crippen LogP contribution in [0.1, 0.15) is 0 Å². The molecule has 0 aliphatic heterocycles. The zero-order valence-electron chi connectivity index (χ0n) is 6.35. The topological polar surface area (TPSA) is 40.5 Å². The van der Waals surface area contributed by atoms with E-state index in [2.05, 4.69) is 12.6 Å². The minimum Gasteiger partial charge on any atom is -0.480 e. The molecule has 11 heavy (non-hydrogen) atoms. The Balaban J connectivity index is 3.91. The van der Waals surface area contributed by atoms with E-state index < -0.39 is 12.0 Å². The first-order valence-electron chi connectivity index (χ1n) is 2.90. The molecule has 6 heteroatoms. The number of hydrogen-bond donors (Lipinski definition) is 2. The summed E-state index contributed by atoms with van der Waals surface area (Å²) in [6, 6.07) is -0.504. The lowest BCUT2D eigenvalue weighted by atomic mass is 10.3. The van der Waals surface area contributed by atoms with E-state index >= 15 is 0 Å². The van der Waals surface area contributed by atoms with Crippen molar-refractivity contribution in [3.05, 3.63) is 0 Å². The highest BCUT2D eigenvalue weighted by molar-refractivity contribution is 8.75. The Kier molecular flexibility index (Phi) is 6.31. The van der Waals surface area contributed by atoms with Crippen molar-refractivity contribution >= 4 is 40.4 Å². The molecule has 0 amide bonds. The molecule has 0 radical (unpaired) electrons. The first kappa shape index (κ1) is 11.5. The van der Waals surface area contributed by atoms with Gasteiger partial charge in [0.05, 0.1) is 0 Å². The summed E-state index contributed by atoms with van der Waals surface area (Å²) in [6.45, 7) is 0. The molecule has 0 saturated carbocycles. The number of aliphatic carboxylic acids is 1. The molecule has 3 nitrogen and oxygen atoms in total. The van der Waals surface area contributed by atoms with Gasteiger partial charge in [-0.05, 0) is 24.3 Å². The highest BCUT2D eigenvalue weighted by atomic mass is 33.1. The van der Waals surface area contributed by atoms with E-state index in [9.17, 15) is 4.79 Å². The van der Waals surface area contributed by atoms with Crippen LogP contribution in [-0.4, -0.2) is 40.5 Å². The lowest BCUT2D eigenvalue weighted by molar-refractivity contribution is -0.140. The number of carboxylic acid groups (broad SMARTS) is 1. The predicted octanol–water partition coefficient (Wildman–Crippen LogP) is 1.23. The number of thiol groups is 1. The van der Waals surface area contributed by atoms with Crippen molar-refractivity contribution < 1.29 is 9.90 Å². The number of hydrogen-bond acceptors (Lipinski definition) is 5. The van der Waals surface area contributed by atoms with Crippen LogP contribution in [0.15, 0.2) is 0 Å². The van der Waals surface area contributed by atoms with Crippen molar-refractivity contribution in [2.45, 2.75) is 6.04 Å². The van der Waals surface area contributed by atoms with Gasteiger partial charge >= 0.3 is 5.97 Å². The third-order valence-corrected chi connectivity index (χ3v) is 3.23. The zero-order chi connectivity index (χ0) is 8.85. The van der Waals surface area contributed by atoms with Crippen molar-refractivity contribution in [2.75, 3.05) is 19.1 Å². The normalized spacial score (nSPS) is 13.5. The standard InChI is InChI=1S/C5H11NO2S3/c1-6(11-10-2)4(3-9)5(7)8/h4,9H,3H2,1-2H3,(H,7,8)/t4-/m0/s1. The van der Waals surface area contributed by atoms with Crippen LogP contribution in [0, 0.1) is 0 Å². The number of likely N-dealkylation sites (N-methyl/N-ethyl adjacent to an activating group) is 1. The quantitative estimate of drug-likeness (QED) is 0.408. The van der Waals surface area contributed by atoms with Crippen molar-refractivity contribution in [3.8, 4) is 0 Å². The molecule has 0 saturated heterocycles. The van der Waals surface area contributed by atoms with Gasteiger partial charge < -0.3 is 5.11 Å². The number of rotatable bonds is 5. The molecular weight excluding hydrogens is 202 g/mol. The van der Waals surface area contributed by atoms with E-state index in [1.807, 2.05) is 6.26 Å². The van der Waals surface area contributed by atoms with Gasteiger partial charge in [-0.15, -0.1) is 0 Å². The second-order valence-electron chi connectivity index (χ2n) is 1.82. The molecule has 0 aromatic heterocycles. The van der Waals surface area contributed by atoms with E-state index in [1.165, 1.54) is 21.8 Å². The molecule has 0 aliphatic carbocycles. The summed E-state index contributed by atoms with van der Waals surface area (Å²) < 4.78 is 1.68. The van der Waals surface area contributed by atoms with Crippen LogP contribution >= 0.6 is 34.4 Å². The average Bonchev–Trinajstić information content (AvgIpc) is 1.88. The molecule has 0 aromatic rings. The van der Waals surface area contributed by atoms with Gasteiger partial charge in [-0.25, -0.2) is 4.31 Å². The molecule has 0 aliphatic rings. The maximum atomic E-state index is 10.5. The van der Waals surface area contributed by atoms with E-state index in [4.69, 9.17) is 5.11 Å². The van der Waals surface area contributed by atoms with Crippen LogP contribution in [0.2, 0.25) is 0 Å². The zero-order valence-corrected chi connectivity index (χ0v) is 8.88. The average molecular weight is 213 g/mol. The highest BCUT2D eigenvalue weighted by Gasteiger charge is 2.20. The summed E-state index contributed by atoms with van der Waals surface area (Å²) in [5.41, 5.74) is 0. The van der Waals surface area contributed by atoms with Gasteiger partial charge in [0.2, 0.25) is 0 Å². The first-order chi connectivity index (χ1) is 5.13. The number of carbonyl (C=O) groups is 1. The van der Waals surface area contributed by atoms with Gasteiger partial charge in [-0.2, -0.15) is 12.6 Å². The smallest absolute Gasteiger partial charge is 0.322 e. The van der Waals surface area contributed by atoms with Gasteiger partial charge in [0.1, 0.15) is 6.04 Å². The fourth-order valence-electron chi connectivity index (χ4n) is 0.518. The molecule has 0 bridgehead atoms. The lowest BCUT2D eigenvalue weighted by Gasteiger charge is -2.19. The minimum absolute atomic E-state index is 0.333. The molecule has 0 spiro atoms. The van der Waals surface area contributed by atoms with Crippen molar-refractivity contribution in [2.24, 2.45) is 0 Å². The molecule has 1 atom stereocenters. The SMILES string of the molecule is CSSN(C)[C@@H](CS)C(=O)O. The van der Waals surface area contributed by atoms with E-state index in [0.717, 1.165) is 0 Å². The molecule has 0 unspecified atom stereocenters. The first-order valence-corrected chi connectivity index (χ1v) is 6.05. The van der Waals surface area contributed by atoms with Crippen molar-refractivity contribution in [1.82, 2.24) is 4.31 Å². The maximum Gasteiger partial charge on any atom is 0.322 e. The van der Waals surface area contributed by atoms with Gasteiger partial charge in [0.25, 0.3) is 0 Å². The third kappa shape index (κ3) is 4.15. The van der Waals surface area contributed by atoms with E-state index in [0.29, 0.717) is 5.75 Å². The lowest BCUT2D eigenvalue weighted by Crippen LogP contribution is -2.35. The van der Waals surface area contributed by atoms with E-state index in [-0.39, 0.29) is 0 Å². The molecular formula is C5H11NO2S3. The molecule has 1 N–H and O–H groups in total. The number of nitrogens with zero attached hydrogens (tertiary/aromatic N) is 1. The van der Waals surface area contributed by atoms with Gasteiger partial charge in [-0.3, -0.25) is 4.79 Å². The Labute approximate surface area is 79.9 Å². The second-order valence-corrected chi connectivity index (χ2v) is 4.69. The van der Waals surface area contributed by atoms with E-state index in [1.54, 1.807) is 11.4 Å². The Morgan fingerprint density at radius 3 is 2.64 bits per heavy atom. The Morgan fingerprint density at radius 2 is 2.36 bits per heavy atom. The number of carboxylic acids is 1. The molecule has 0 heterocycles. The fraction of sp³-hybridized carbons (Fsp3) is 0.800. The summed E-state index contributed by atoms with van der Waals surface area (Å²) in [5.74, 6) is -0.497. The Bertz CT molecular complexity index is 133. The van der Waals surface area contributed by atoms with Gasteiger partial charge in [0.15, 0.2) is 0 Å². The Hall–Kier alpha value is 0.480. The summed E-state index contributed by atoms with van der Waals surface area (Å²) in [5, 5.41) is 8.66. The summed E-state index contributed by atoms with van der Waals surface area (Å²) >= 11 is 3.94. The summed E-state index contributed by atoms with van der Waals surface area (Å²) in [4.78, 5) is 10.5. The van der Waals surface area contributed by atoms with Gasteiger partial charge in [-0.1, -0.05) is 10.8 Å². The Morgan fingerprint density at radius 1 is 1.82 bits per heavy atom. The van der Waals surface area contributed by atoms with Crippen LogP contribution in [0.3, 0.4) is 0 Å². The summed E-state index contributed by atoms with van der Waals surface area (Å²) in [7, 11) is 4.67. The maximum absolute atomic E-state index is 10.5. The molecule has 0 aromatic carbocycles. The monoisotopic (exact) mass is 213 g/mol. The highest BCUT2D eigenvalue weighted by Crippen LogP contribution is 2.23. The van der Waals surface area contributed by atoms with Crippen LogP contribution in [0.25, 0.3) is 0 Å². The molecule has 66 valence electrons. The van der Waals surface area contributed by atoms with Crippen molar-refractivity contribution in [3.63, 3.8) is 0 Å². The largest absolute Gasteiger partial charge is 0.480 e. The predicted molar refractivity (Wildman–Crippen MR) is 54.1 cm³/mol. The molecule has 0 fully saturated rings. The minimum atomic E-state index is -0.830. The van der Waals surface area contributed by atoms with Crippen molar-refractivity contribution in [1.29, 1.82) is 0 Å². The fourth-order valence-corrected chi connectivity index (χ4v) is 2.55. The van der Waals surface area contributed by atoms with Crippen LogP contribution < -0.4 is 0 Å². The van der Waals surface area contributed by atoms with Crippen LogP contribution in [0.5, 0.6) is 0 Å². The van der Waals surface area contributed by atoms with Gasteiger partial charge in [0, 0.05) is 5.75 Å². The van der Waals surface area contributed by atoms with Crippen LogP contribution in [-0.2, 0) is 4.79 Å². The third-order valence-electron chi connectivity index (χ3n) is 1.09. The summed E-state index contributed by atoms with van der Waals surface area (Å²) in [6.07, 6.45) is 1.90. The molecule has 0 rings (SSSR count).